The lowest BCUT2D eigenvalue weighted by Gasteiger charge is -2.14. The number of hydrogen-bond acceptors (Lipinski definition) is 4. The van der Waals surface area contributed by atoms with Crippen molar-refractivity contribution in [3.8, 4) is 0 Å². The molecule has 0 bridgehead atoms. The van der Waals surface area contributed by atoms with Gasteiger partial charge in [0, 0.05) is 22.0 Å². The van der Waals surface area contributed by atoms with Gasteiger partial charge in [-0.1, -0.05) is 48.3 Å². The lowest BCUT2D eigenvalue weighted by molar-refractivity contribution is 0.794. The molecule has 2 atom stereocenters. The molecule has 0 N–H and O–H groups in total. The third kappa shape index (κ3) is 9.43. The van der Waals surface area contributed by atoms with Crippen molar-refractivity contribution in [2.45, 2.75) is 50.0 Å². The lowest BCUT2D eigenvalue weighted by atomic mass is 10.3. The fraction of sp³-hybridized carbons (Fsp3) is 1.00. The lowest BCUT2D eigenvalue weighted by Crippen LogP contribution is -2.06. The second kappa shape index (κ2) is 12.8. The van der Waals surface area contributed by atoms with E-state index in [0.29, 0.717) is 0 Å². The second-order valence-corrected chi connectivity index (χ2v) is 8.69. The molecule has 0 aromatic carbocycles. The van der Waals surface area contributed by atoms with Crippen LogP contribution in [0.5, 0.6) is 0 Å². The first-order chi connectivity index (χ1) is 7.78. The Hall–Kier alpha value is 1.40. The van der Waals surface area contributed by atoms with Crippen molar-refractivity contribution in [2.24, 2.45) is 0 Å². The van der Waals surface area contributed by atoms with Crippen LogP contribution in [0.4, 0.5) is 0 Å². The molecule has 0 radical (unpaired) electrons. The van der Waals surface area contributed by atoms with Gasteiger partial charge in [0.05, 0.1) is 0 Å². The summed E-state index contributed by atoms with van der Waals surface area (Å²) >= 11 is 4.06. The van der Waals surface area contributed by atoms with Crippen LogP contribution in [0, 0.1) is 0 Å². The monoisotopic (exact) mass is 298 g/mol. The van der Waals surface area contributed by atoms with Crippen LogP contribution < -0.4 is 0 Å². The first-order valence-corrected chi connectivity index (χ1v) is 11.1. The summed E-state index contributed by atoms with van der Waals surface area (Å²) in [7, 11) is 4.16. The van der Waals surface area contributed by atoms with E-state index >= 15 is 0 Å². The molecule has 0 aliphatic rings. The molecule has 0 saturated carbocycles. The van der Waals surface area contributed by atoms with Gasteiger partial charge in [0.2, 0.25) is 0 Å². The molecule has 0 aromatic heterocycles. The highest BCUT2D eigenvalue weighted by Crippen LogP contribution is 2.30. The smallest absolute Gasteiger partial charge is 0.0156 e. The molecule has 98 valence electrons. The summed E-state index contributed by atoms with van der Waals surface area (Å²) in [5.41, 5.74) is 0. The minimum Gasteiger partial charge on any atom is -0.161 e. The number of rotatable bonds is 11. The van der Waals surface area contributed by atoms with Crippen molar-refractivity contribution in [2.75, 3.05) is 24.0 Å². The summed E-state index contributed by atoms with van der Waals surface area (Å²) in [6, 6.07) is 0. The van der Waals surface area contributed by atoms with Gasteiger partial charge in [-0.3, -0.25) is 0 Å². The highest BCUT2D eigenvalue weighted by molar-refractivity contribution is 8.76. The van der Waals surface area contributed by atoms with Crippen LogP contribution in [-0.2, 0) is 0 Å². The van der Waals surface area contributed by atoms with Gasteiger partial charge in [-0.05, 0) is 25.4 Å². The summed E-state index contributed by atoms with van der Waals surface area (Å²) in [6.45, 7) is 4.57. The van der Waals surface area contributed by atoms with Crippen LogP contribution in [0.3, 0.4) is 0 Å². The first kappa shape index (κ1) is 17.4. The predicted octanol–water partition coefficient (Wildman–Crippen LogP) is 5.43. The molecular formula is C12H26S4. The van der Waals surface area contributed by atoms with Crippen LogP contribution in [-0.4, -0.2) is 34.5 Å². The van der Waals surface area contributed by atoms with E-state index in [4.69, 9.17) is 0 Å². The molecule has 16 heavy (non-hydrogen) atoms. The van der Waals surface area contributed by atoms with Gasteiger partial charge in [-0.15, -0.1) is 0 Å². The van der Waals surface area contributed by atoms with Gasteiger partial charge < -0.3 is 0 Å². The maximum absolute atomic E-state index is 2.28. The average molecular weight is 299 g/mol. The summed E-state index contributed by atoms with van der Waals surface area (Å²) < 4.78 is 0. The third-order valence-electron chi connectivity index (χ3n) is 2.48. The molecule has 0 fully saturated rings. The van der Waals surface area contributed by atoms with Crippen molar-refractivity contribution in [1.82, 2.24) is 0 Å². The third-order valence-corrected chi connectivity index (χ3v) is 7.60. The summed E-state index contributed by atoms with van der Waals surface area (Å²) in [5, 5.41) is 1.72. The average Bonchev–Trinajstić information content (AvgIpc) is 2.31. The fourth-order valence-corrected chi connectivity index (χ4v) is 6.78. The quantitative estimate of drug-likeness (QED) is 0.368. The number of hydrogen-bond donors (Lipinski definition) is 0. The Balaban J connectivity index is 3.48. The van der Waals surface area contributed by atoms with Crippen molar-refractivity contribution < 1.29 is 0 Å². The molecule has 0 heterocycles. The fourth-order valence-electron chi connectivity index (χ4n) is 1.43. The van der Waals surface area contributed by atoms with E-state index < -0.39 is 0 Å². The Morgan fingerprint density at radius 1 is 0.750 bits per heavy atom. The summed E-state index contributed by atoms with van der Waals surface area (Å²) in [5.74, 6) is 2.62. The molecule has 0 amide bonds. The molecule has 4 heteroatoms. The summed E-state index contributed by atoms with van der Waals surface area (Å²) in [6.07, 6.45) is 9.87. The molecule has 2 unspecified atom stereocenters. The van der Waals surface area contributed by atoms with Crippen molar-refractivity contribution in [1.29, 1.82) is 0 Å². The Kier molecular flexibility index (Phi) is 14.0. The van der Waals surface area contributed by atoms with Gasteiger partial charge in [0.25, 0.3) is 0 Å². The van der Waals surface area contributed by atoms with Crippen LogP contribution in [0.15, 0.2) is 0 Å². The predicted molar refractivity (Wildman–Crippen MR) is 89.3 cm³/mol. The van der Waals surface area contributed by atoms with E-state index in [1.165, 1.54) is 37.2 Å². The van der Waals surface area contributed by atoms with E-state index in [1.54, 1.807) is 0 Å². The Labute approximate surface area is 119 Å². The van der Waals surface area contributed by atoms with E-state index in [2.05, 4.69) is 47.9 Å². The topological polar surface area (TPSA) is 0 Å². The Bertz CT molecular complexity index is 125. The van der Waals surface area contributed by atoms with E-state index in [1.807, 2.05) is 23.5 Å². The Morgan fingerprint density at radius 2 is 1.12 bits per heavy atom. The molecule has 0 aliphatic carbocycles. The highest BCUT2D eigenvalue weighted by atomic mass is 33.1. The van der Waals surface area contributed by atoms with Gasteiger partial charge in [0.1, 0.15) is 0 Å². The molecule has 0 aliphatic heterocycles. The second-order valence-electron chi connectivity index (χ2n) is 3.86. The van der Waals surface area contributed by atoms with Gasteiger partial charge >= 0.3 is 0 Å². The molecule has 0 spiro atoms. The minimum absolute atomic E-state index is 0.862. The highest BCUT2D eigenvalue weighted by Gasteiger charge is 2.09. The van der Waals surface area contributed by atoms with Crippen LogP contribution in [0.25, 0.3) is 0 Å². The van der Waals surface area contributed by atoms with Crippen molar-refractivity contribution >= 4 is 45.1 Å². The zero-order valence-electron chi connectivity index (χ0n) is 11.0. The van der Waals surface area contributed by atoms with E-state index in [0.717, 1.165) is 10.5 Å². The van der Waals surface area contributed by atoms with Gasteiger partial charge in [0.15, 0.2) is 0 Å². The molecule has 0 aromatic rings. The van der Waals surface area contributed by atoms with Crippen molar-refractivity contribution in [3.05, 3.63) is 0 Å². The van der Waals surface area contributed by atoms with Crippen LogP contribution >= 0.6 is 45.1 Å². The zero-order valence-corrected chi connectivity index (χ0v) is 14.3. The SMILES string of the molecule is CCCC(CSSCC(CCC)SC)SC. The van der Waals surface area contributed by atoms with E-state index in [9.17, 15) is 0 Å². The summed E-state index contributed by atoms with van der Waals surface area (Å²) in [4.78, 5) is 0. The normalized spacial score (nSPS) is 15.0. The van der Waals surface area contributed by atoms with Crippen LogP contribution in [0.1, 0.15) is 39.5 Å². The molecule has 0 saturated heterocycles. The number of thioether (sulfide) groups is 2. The first-order valence-electron chi connectivity index (χ1n) is 6.08. The van der Waals surface area contributed by atoms with E-state index in [-0.39, 0.29) is 0 Å². The molecule has 0 rings (SSSR count). The Morgan fingerprint density at radius 3 is 1.38 bits per heavy atom. The van der Waals surface area contributed by atoms with Crippen molar-refractivity contribution in [3.63, 3.8) is 0 Å². The van der Waals surface area contributed by atoms with Gasteiger partial charge in [-0.25, -0.2) is 0 Å². The zero-order chi connectivity index (χ0) is 12.2. The maximum Gasteiger partial charge on any atom is 0.0156 e. The van der Waals surface area contributed by atoms with Crippen LogP contribution in [0.2, 0.25) is 0 Å². The molecule has 0 nitrogen and oxygen atoms in total. The largest absolute Gasteiger partial charge is 0.161 e. The standard InChI is InChI=1S/C12H26S4/c1-5-7-11(13-3)9-15-16-10-12(14-4)8-6-2/h11-12H,5-10H2,1-4H3. The van der Waals surface area contributed by atoms with Gasteiger partial charge in [-0.2, -0.15) is 23.5 Å². The minimum atomic E-state index is 0.862. The molecular weight excluding hydrogens is 272 g/mol. The maximum atomic E-state index is 2.28.